The second kappa shape index (κ2) is 2.03. The molecule has 0 aromatic rings. The minimum atomic E-state index is 0.627. The molecule has 0 atom stereocenters. The highest BCUT2D eigenvalue weighted by Gasteiger charge is 2.26. The predicted molar refractivity (Wildman–Crippen MR) is 46.0 cm³/mol. The molecule has 1 heterocycles. The van der Waals surface area contributed by atoms with E-state index in [0.717, 1.165) is 12.2 Å². The van der Waals surface area contributed by atoms with Gasteiger partial charge in [0.25, 0.3) is 0 Å². The summed E-state index contributed by atoms with van der Waals surface area (Å²) in [6.45, 7) is 0.627. The first kappa shape index (κ1) is 6.12. The highest BCUT2D eigenvalue weighted by Crippen LogP contribution is 2.36. The molecule has 0 amide bonds. The topological polar surface area (TPSA) is 21.3 Å². The number of nitrogens with one attached hydrogen (secondary N) is 1. The monoisotopic (exact) mass is 159 g/mol. The molecule has 2 heteroatoms. The molecule has 1 aliphatic heterocycles. The van der Waals surface area contributed by atoms with Gasteiger partial charge in [0, 0.05) is 0 Å². The Morgan fingerprint density at radius 2 is 2.42 bits per heavy atom. The number of allylic oxidation sites excluding steroid dienone is 6. The van der Waals surface area contributed by atoms with E-state index < -0.39 is 0 Å². The zero-order valence-corrected chi connectivity index (χ0v) is 6.63. The predicted octanol–water partition coefficient (Wildman–Crippen LogP) is 1.60. The van der Waals surface area contributed by atoms with Gasteiger partial charge in [-0.15, -0.1) is 0 Å². The largest absolute Gasteiger partial charge is 0.471 e. The average Bonchev–Trinajstić information content (AvgIpc) is 2.62. The zero-order valence-electron chi connectivity index (χ0n) is 6.63. The van der Waals surface area contributed by atoms with Gasteiger partial charge < -0.3 is 10.1 Å². The van der Waals surface area contributed by atoms with Gasteiger partial charge in [-0.05, 0) is 23.6 Å². The van der Waals surface area contributed by atoms with Crippen LogP contribution in [0.5, 0.6) is 0 Å². The highest BCUT2D eigenvalue weighted by molar-refractivity contribution is 5.59. The van der Waals surface area contributed by atoms with Crippen molar-refractivity contribution in [2.45, 2.75) is 6.42 Å². The Balaban J connectivity index is 2.17. The molecule has 0 aromatic carbocycles. The third-order valence-corrected chi connectivity index (χ3v) is 2.39. The van der Waals surface area contributed by atoms with E-state index in [2.05, 4.69) is 29.6 Å². The van der Waals surface area contributed by atoms with E-state index >= 15 is 0 Å². The molecule has 1 fully saturated rings. The van der Waals surface area contributed by atoms with Crippen LogP contribution in [0.25, 0.3) is 0 Å². The van der Waals surface area contributed by atoms with Gasteiger partial charge in [0.15, 0.2) is 6.73 Å². The fourth-order valence-electron chi connectivity index (χ4n) is 1.81. The molecule has 0 aromatic heterocycles. The van der Waals surface area contributed by atoms with Crippen molar-refractivity contribution in [2.24, 2.45) is 0 Å². The molecule has 12 heavy (non-hydrogen) atoms. The summed E-state index contributed by atoms with van der Waals surface area (Å²) in [5.41, 5.74) is 3.88. The van der Waals surface area contributed by atoms with Crippen LogP contribution in [-0.2, 0) is 4.74 Å². The lowest BCUT2D eigenvalue weighted by Gasteiger charge is -2.06. The van der Waals surface area contributed by atoms with Gasteiger partial charge >= 0.3 is 0 Å². The highest BCUT2D eigenvalue weighted by atomic mass is 16.5. The quantitative estimate of drug-likeness (QED) is 0.579. The van der Waals surface area contributed by atoms with E-state index in [9.17, 15) is 0 Å². The minimum Gasteiger partial charge on any atom is -0.471 e. The number of hydrogen-bond donors (Lipinski definition) is 1. The maximum atomic E-state index is 5.39. The normalized spacial score (nSPS) is 24.0. The van der Waals surface area contributed by atoms with Crippen LogP contribution in [0, 0.1) is 0 Å². The van der Waals surface area contributed by atoms with E-state index in [4.69, 9.17) is 4.74 Å². The first-order chi connectivity index (χ1) is 5.95. The maximum Gasteiger partial charge on any atom is 0.159 e. The first-order valence-electron chi connectivity index (χ1n) is 4.14. The Bertz CT molecular complexity index is 358. The summed E-state index contributed by atoms with van der Waals surface area (Å²) in [7, 11) is 0. The number of ether oxygens (including phenoxy) is 1. The van der Waals surface area contributed by atoms with Crippen molar-refractivity contribution >= 4 is 0 Å². The molecular formula is C10H9NO. The molecule has 2 nitrogen and oxygen atoms in total. The molecule has 0 radical (unpaired) electrons. The van der Waals surface area contributed by atoms with Crippen molar-refractivity contribution in [1.82, 2.24) is 5.32 Å². The molecule has 60 valence electrons. The standard InChI is InChI=1S/C10H9NO/c1-2-4-8-7(3-1)5-9-10(8)11-6-12-9/h1-3,5,11H,4,6H2. The molecule has 1 saturated heterocycles. The van der Waals surface area contributed by atoms with E-state index in [-0.39, 0.29) is 0 Å². The van der Waals surface area contributed by atoms with Gasteiger partial charge in [0.1, 0.15) is 5.76 Å². The van der Waals surface area contributed by atoms with Crippen molar-refractivity contribution in [3.8, 4) is 0 Å². The number of fused-ring (bicyclic) bond motifs is 2. The van der Waals surface area contributed by atoms with Gasteiger partial charge in [0.05, 0.1) is 5.70 Å². The molecule has 0 saturated carbocycles. The Kier molecular flexibility index (Phi) is 1.04. The van der Waals surface area contributed by atoms with Gasteiger partial charge in [-0.2, -0.15) is 0 Å². The summed E-state index contributed by atoms with van der Waals surface area (Å²) in [6.07, 6.45) is 9.52. The summed E-state index contributed by atoms with van der Waals surface area (Å²) < 4.78 is 5.39. The Hall–Kier alpha value is -1.44. The SMILES string of the molecule is C1=CCC2=C3NCOC3=CC2=C1. The van der Waals surface area contributed by atoms with Gasteiger partial charge in [-0.1, -0.05) is 18.2 Å². The first-order valence-corrected chi connectivity index (χ1v) is 4.14. The molecule has 0 spiro atoms. The van der Waals surface area contributed by atoms with E-state index in [1.54, 1.807) is 0 Å². The summed E-state index contributed by atoms with van der Waals surface area (Å²) >= 11 is 0. The van der Waals surface area contributed by atoms with Crippen LogP contribution in [-0.4, -0.2) is 6.73 Å². The molecule has 2 aliphatic carbocycles. The maximum absolute atomic E-state index is 5.39. The lowest BCUT2D eigenvalue weighted by atomic mass is 10.0. The zero-order chi connectivity index (χ0) is 7.97. The Labute approximate surface area is 70.9 Å². The van der Waals surface area contributed by atoms with Crippen molar-refractivity contribution in [3.05, 3.63) is 46.9 Å². The summed E-state index contributed by atoms with van der Waals surface area (Å²) in [6, 6.07) is 0. The molecule has 0 bridgehead atoms. The average molecular weight is 159 g/mol. The van der Waals surface area contributed by atoms with Crippen LogP contribution < -0.4 is 5.32 Å². The van der Waals surface area contributed by atoms with Crippen LogP contribution in [0.4, 0.5) is 0 Å². The third-order valence-electron chi connectivity index (χ3n) is 2.39. The van der Waals surface area contributed by atoms with Gasteiger partial charge in [-0.25, -0.2) is 0 Å². The molecule has 3 rings (SSSR count). The van der Waals surface area contributed by atoms with Crippen LogP contribution in [0.15, 0.2) is 46.9 Å². The molecule has 3 aliphatic rings. The fourth-order valence-corrected chi connectivity index (χ4v) is 1.81. The van der Waals surface area contributed by atoms with Crippen molar-refractivity contribution in [1.29, 1.82) is 0 Å². The summed E-state index contributed by atoms with van der Waals surface area (Å²) in [5.74, 6) is 1.01. The molecule has 1 N–H and O–H groups in total. The summed E-state index contributed by atoms with van der Waals surface area (Å²) in [5, 5.41) is 3.23. The lowest BCUT2D eigenvalue weighted by molar-refractivity contribution is 0.255. The van der Waals surface area contributed by atoms with Crippen LogP contribution in [0.1, 0.15) is 6.42 Å². The Morgan fingerprint density at radius 1 is 1.42 bits per heavy atom. The number of rotatable bonds is 0. The fraction of sp³-hybridized carbons (Fsp3) is 0.200. The van der Waals surface area contributed by atoms with E-state index in [1.165, 1.54) is 16.8 Å². The van der Waals surface area contributed by atoms with Crippen molar-refractivity contribution in [2.75, 3.05) is 6.73 Å². The van der Waals surface area contributed by atoms with Crippen molar-refractivity contribution < 1.29 is 4.74 Å². The van der Waals surface area contributed by atoms with Crippen molar-refractivity contribution in [3.63, 3.8) is 0 Å². The third kappa shape index (κ3) is 0.644. The van der Waals surface area contributed by atoms with E-state index in [0.29, 0.717) is 6.73 Å². The van der Waals surface area contributed by atoms with Crippen LogP contribution in [0.3, 0.4) is 0 Å². The lowest BCUT2D eigenvalue weighted by Crippen LogP contribution is -2.06. The second-order valence-corrected chi connectivity index (χ2v) is 3.08. The minimum absolute atomic E-state index is 0.627. The molecular weight excluding hydrogens is 150 g/mol. The van der Waals surface area contributed by atoms with Crippen LogP contribution in [0.2, 0.25) is 0 Å². The second-order valence-electron chi connectivity index (χ2n) is 3.08. The van der Waals surface area contributed by atoms with Gasteiger partial charge in [0.2, 0.25) is 0 Å². The van der Waals surface area contributed by atoms with Crippen LogP contribution >= 0.6 is 0 Å². The van der Waals surface area contributed by atoms with Gasteiger partial charge in [-0.3, -0.25) is 0 Å². The summed E-state index contributed by atoms with van der Waals surface area (Å²) in [4.78, 5) is 0. The van der Waals surface area contributed by atoms with E-state index in [1.807, 2.05) is 0 Å². The Morgan fingerprint density at radius 3 is 3.42 bits per heavy atom. The number of hydrogen-bond acceptors (Lipinski definition) is 2. The molecule has 0 unspecified atom stereocenters. The smallest absolute Gasteiger partial charge is 0.159 e.